The molecule has 24 heavy (non-hydrogen) atoms. The van der Waals surface area contributed by atoms with Crippen molar-refractivity contribution >= 4 is 16.9 Å². The summed E-state index contributed by atoms with van der Waals surface area (Å²) in [5.41, 5.74) is 3.13. The Morgan fingerprint density at radius 3 is 2.96 bits per heavy atom. The molecule has 1 aromatic heterocycles. The van der Waals surface area contributed by atoms with E-state index in [4.69, 9.17) is 9.15 Å². The van der Waals surface area contributed by atoms with Crippen molar-refractivity contribution in [1.82, 2.24) is 0 Å². The van der Waals surface area contributed by atoms with Crippen molar-refractivity contribution in [2.24, 2.45) is 5.92 Å². The minimum absolute atomic E-state index is 0.120. The number of aliphatic hydroxyl groups is 1. The summed E-state index contributed by atoms with van der Waals surface area (Å²) in [5, 5.41) is 12.3. The van der Waals surface area contributed by atoms with Gasteiger partial charge in [0.1, 0.15) is 5.58 Å². The molecule has 1 fully saturated rings. The van der Waals surface area contributed by atoms with Crippen LogP contribution in [0.1, 0.15) is 49.3 Å². The average Bonchev–Trinajstić information content (AvgIpc) is 3.03. The van der Waals surface area contributed by atoms with E-state index in [1.165, 1.54) is 23.8 Å². The van der Waals surface area contributed by atoms with E-state index in [-0.39, 0.29) is 11.3 Å². The number of benzene rings is 1. The number of carbonyl (C=O) groups is 1. The van der Waals surface area contributed by atoms with Crippen LogP contribution in [0.2, 0.25) is 0 Å². The molecule has 0 radical (unpaired) electrons. The Morgan fingerprint density at radius 2 is 2.21 bits per heavy atom. The number of hydrogen-bond acceptors (Lipinski definition) is 4. The quantitative estimate of drug-likeness (QED) is 0.812. The Balaban J connectivity index is 1.91. The van der Waals surface area contributed by atoms with Gasteiger partial charge in [0, 0.05) is 11.3 Å². The molecule has 4 rings (SSSR count). The first-order chi connectivity index (χ1) is 11.4. The standard InChI is InChI=1S/C20H24O4/c1-12-13-5-6-17-19(2,8-4-9-20(17,22)18(21)23-3)15(13)11-16-14(12)7-10-24-16/h7,10-11,17,22H,4-6,8-9H2,1-3H3/t17-,19+,20+/m0/s1. The van der Waals surface area contributed by atoms with E-state index in [2.05, 4.69) is 19.9 Å². The maximum atomic E-state index is 12.3. The van der Waals surface area contributed by atoms with Crippen molar-refractivity contribution in [3.63, 3.8) is 0 Å². The van der Waals surface area contributed by atoms with Gasteiger partial charge in [0.05, 0.1) is 13.4 Å². The van der Waals surface area contributed by atoms with E-state index < -0.39 is 11.6 Å². The topological polar surface area (TPSA) is 59.7 Å². The minimum Gasteiger partial charge on any atom is -0.467 e. The van der Waals surface area contributed by atoms with Crippen LogP contribution in [0.25, 0.3) is 11.0 Å². The second kappa shape index (κ2) is 5.09. The Hall–Kier alpha value is -1.81. The molecule has 1 saturated carbocycles. The molecule has 0 bridgehead atoms. The third kappa shape index (κ3) is 1.86. The molecule has 1 heterocycles. The zero-order valence-electron chi connectivity index (χ0n) is 14.5. The second-order valence-electron chi connectivity index (χ2n) is 7.64. The average molecular weight is 328 g/mol. The molecule has 0 unspecified atom stereocenters. The number of esters is 1. The van der Waals surface area contributed by atoms with E-state index in [1.54, 1.807) is 6.26 Å². The van der Waals surface area contributed by atoms with E-state index >= 15 is 0 Å². The molecular weight excluding hydrogens is 304 g/mol. The first-order valence-electron chi connectivity index (χ1n) is 8.73. The third-order valence-electron chi connectivity index (χ3n) is 6.59. The van der Waals surface area contributed by atoms with Gasteiger partial charge in [-0.25, -0.2) is 4.79 Å². The van der Waals surface area contributed by atoms with Gasteiger partial charge < -0.3 is 14.3 Å². The zero-order chi connectivity index (χ0) is 17.1. The first-order valence-corrected chi connectivity index (χ1v) is 8.73. The van der Waals surface area contributed by atoms with Crippen molar-refractivity contribution in [3.8, 4) is 0 Å². The maximum absolute atomic E-state index is 12.3. The van der Waals surface area contributed by atoms with Crippen LogP contribution in [0.5, 0.6) is 0 Å². The molecule has 0 spiro atoms. The molecule has 0 amide bonds. The van der Waals surface area contributed by atoms with Crippen LogP contribution in [0.15, 0.2) is 22.8 Å². The highest BCUT2D eigenvalue weighted by Crippen LogP contribution is 2.55. The van der Waals surface area contributed by atoms with Crippen LogP contribution in [0, 0.1) is 12.8 Å². The van der Waals surface area contributed by atoms with E-state index in [1.807, 2.05) is 6.07 Å². The lowest BCUT2D eigenvalue weighted by molar-refractivity contribution is -0.179. The molecule has 3 atom stereocenters. The van der Waals surface area contributed by atoms with Gasteiger partial charge in [-0.3, -0.25) is 0 Å². The number of methoxy groups -OCH3 is 1. The molecule has 1 N–H and O–H groups in total. The van der Waals surface area contributed by atoms with Crippen molar-refractivity contribution in [1.29, 1.82) is 0 Å². The minimum atomic E-state index is -1.38. The van der Waals surface area contributed by atoms with Gasteiger partial charge in [0.15, 0.2) is 5.60 Å². The number of furan rings is 1. The normalized spacial score (nSPS) is 32.2. The van der Waals surface area contributed by atoms with Gasteiger partial charge in [-0.15, -0.1) is 0 Å². The Labute approximate surface area is 141 Å². The lowest BCUT2D eigenvalue weighted by Crippen LogP contribution is -2.58. The van der Waals surface area contributed by atoms with Crippen LogP contribution >= 0.6 is 0 Å². The maximum Gasteiger partial charge on any atom is 0.338 e. The molecule has 2 aliphatic rings. The number of hydrogen-bond donors (Lipinski definition) is 1. The SMILES string of the molecule is COC(=O)[C@@]1(O)CCC[C@]2(C)c3cc4occc4c(C)c3CC[C@H]12. The Kier molecular flexibility index (Phi) is 3.33. The Bertz CT molecular complexity index is 820. The van der Waals surface area contributed by atoms with Crippen LogP contribution < -0.4 is 0 Å². The Morgan fingerprint density at radius 1 is 1.42 bits per heavy atom. The summed E-state index contributed by atoms with van der Waals surface area (Å²) in [4.78, 5) is 12.3. The molecule has 2 aliphatic carbocycles. The van der Waals surface area contributed by atoms with Crippen LogP contribution in [-0.2, 0) is 21.4 Å². The van der Waals surface area contributed by atoms with Gasteiger partial charge in [-0.2, -0.15) is 0 Å². The third-order valence-corrected chi connectivity index (χ3v) is 6.59. The number of rotatable bonds is 1. The fourth-order valence-electron chi connectivity index (χ4n) is 5.35. The van der Waals surface area contributed by atoms with Crippen molar-refractivity contribution in [3.05, 3.63) is 35.1 Å². The monoisotopic (exact) mass is 328 g/mol. The highest BCUT2D eigenvalue weighted by atomic mass is 16.5. The number of carbonyl (C=O) groups excluding carboxylic acids is 1. The summed E-state index contributed by atoms with van der Waals surface area (Å²) in [7, 11) is 1.36. The fraction of sp³-hybridized carbons (Fsp3) is 0.550. The lowest BCUT2D eigenvalue weighted by atomic mass is 9.53. The summed E-state index contributed by atoms with van der Waals surface area (Å²) >= 11 is 0. The zero-order valence-corrected chi connectivity index (χ0v) is 14.5. The van der Waals surface area contributed by atoms with E-state index in [9.17, 15) is 9.90 Å². The van der Waals surface area contributed by atoms with Gasteiger partial charge in [0.2, 0.25) is 0 Å². The van der Waals surface area contributed by atoms with Gasteiger partial charge in [0.25, 0.3) is 0 Å². The summed E-state index contributed by atoms with van der Waals surface area (Å²) in [6.07, 6.45) is 5.68. The molecule has 1 aromatic carbocycles. The largest absolute Gasteiger partial charge is 0.467 e. The summed E-state index contributed by atoms with van der Waals surface area (Å²) < 4.78 is 10.6. The number of fused-ring (bicyclic) bond motifs is 4. The molecule has 0 saturated heterocycles. The lowest BCUT2D eigenvalue weighted by Gasteiger charge is -2.53. The predicted octanol–water partition coefficient (Wildman–Crippen LogP) is 3.65. The molecule has 128 valence electrons. The van der Waals surface area contributed by atoms with Crippen LogP contribution in [-0.4, -0.2) is 23.8 Å². The van der Waals surface area contributed by atoms with Gasteiger partial charge in [-0.05, 0) is 73.3 Å². The van der Waals surface area contributed by atoms with Crippen molar-refractivity contribution in [2.75, 3.05) is 7.11 Å². The molecule has 2 aromatic rings. The van der Waals surface area contributed by atoms with Crippen molar-refractivity contribution < 1.29 is 19.1 Å². The first kappa shape index (κ1) is 15.7. The molecule has 4 nitrogen and oxygen atoms in total. The smallest absolute Gasteiger partial charge is 0.338 e. The summed E-state index contributed by atoms with van der Waals surface area (Å²) in [6, 6.07) is 4.15. The second-order valence-corrected chi connectivity index (χ2v) is 7.64. The molecule has 4 heteroatoms. The number of ether oxygens (including phenoxy) is 1. The van der Waals surface area contributed by atoms with Gasteiger partial charge in [-0.1, -0.05) is 6.92 Å². The predicted molar refractivity (Wildman–Crippen MR) is 90.9 cm³/mol. The van der Waals surface area contributed by atoms with Crippen LogP contribution in [0.4, 0.5) is 0 Å². The van der Waals surface area contributed by atoms with E-state index in [0.29, 0.717) is 6.42 Å². The molecular formula is C20H24O4. The van der Waals surface area contributed by atoms with Gasteiger partial charge >= 0.3 is 5.97 Å². The van der Waals surface area contributed by atoms with Crippen LogP contribution in [0.3, 0.4) is 0 Å². The highest BCUT2D eigenvalue weighted by Gasteiger charge is 2.57. The fourth-order valence-corrected chi connectivity index (χ4v) is 5.35. The summed E-state index contributed by atoms with van der Waals surface area (Å²) in [6.45, 7) is 4.34. The highest BCUT2D eigenvalue weighted by molar-refractivity contribution is 5.84. The summed E-state index contributed by atoms with van der Waals surface area (Å²) in [5.74, 6) is -0.608. The van der Waals surface area contributed by atoms with Crippen molar-refractivity contribution in [2.45, 2.75) is 57.0 Å². The molecule has 0 aliphatic heterocycles. The van der Waals surface area contributed by atoms with E-state index in [0.717, 1.165) is 36.7 Å². The number of aryl methyl sites for hydroxylation is 1.